The molecule has 1 unspecified atom stereocenters. The zero-order chi connectivity index (χ0) is 12.1. The van der Waals surface area contributed by atoms with Crippen molar-refractivity contribution in [2.24, 2.45) is 0 Å². The molecule has 1 heterocycles. The summed E-state index contributed by atoms with van der Waals surface area (Å²) in [5, 5.41) is 11.1. The SMILES string of the molecule is Cc1ncc(C(=O)NC(C)CC(=O)O)cn1. The second-order valence-corrected chi connectivity index (χ2v) is 3.49. The normalized spacial score (nSPS) is 11.9. The standard InChI is InChI=1S/C10H13N3O3/c1-6(3-9(14)15)13-10(16)8-4-11-7(2)12-5-8/h4-6H,3H2,1-2H3,(H,13,16)(H,14,15). The van der Waals surface area contributed by atoms with Gasteiger partial charge in [0.05, 0.1) is 12.0 Å². The molecule has 86 valence electrons. The summed E-state index contributed by atoms with van der Waals surface area (Å²) in [6, 6.07) is -0.425. The van der Waals surface area contributed by atoms with Gasteiger partial charge in [0.25, 0.3) is 5.91 Å². The lowest BCUT2D eigenvalue weighted by molar-refractivity contribution is -0.137. The Morgan fingerprint density at radius 2 is 2.00 bits per heavy atom. The van der Waals surface area contributed by atoms with Crippen LogP contribution in [0.2, 0.25) is 0 Å². The van der Waals surface area contributed by atoms with E-state index in [1.165, 1.54) is 12.4 Å². The molecule has 0 aromatic carbocycles. The first-order valence-electron chi connectivity index (χ1n) is 4.80. The van der Waals surface area contributed by atoms with Crippen molar-refractivity contribution in [2.45, 2.75) is 26.3 Å². The van der Waals surface area contributed by atoms with Crippen molar-refractivity contribution in [1.29, 1.82) is 0 Å². The first-order valence-corrected chi connectivity index (χ1v) is 4.80. The molecule has 6 nitrogen and oxygen atoms in total. The van der Waals surface area contributed by atoms with Crippen molar-refractivity contribution in [1.82, 2.24) is 15.3 Å². The van der Waals surface area contributed by atoms with Crippen molar-refractivity contribution in [2.75, 3.05) is 0 Å². The van der Waals surface area contributed by atoms with Gasteiger partial charge in [0, 0.05) is 18.4 Å². The summed E-state index contributed by atoms with van der Waals surface area (Å²) >= 11 is 0. The number of carboxylic acids is 1. The monoisotopic (exact) mass is 223 g/mol. The molecule has 0 spiro atoms. The zero-order valence-electron chi connectivity index (χ0n) is 9.10. The van der Waals surface area contributed by atoms with E-state index in [1.807, 2.05) is 0 Å². The van der Waals surface area contributed by atoms with Crippen LogP contribution in [-0.2, 0) is 4.79 Å². The average molecular weight is 223 g/mol. The third-order valence-electron chi connectivity index (χ3n) is 1.90. The van der Waals surface area contributed by atoms with E-state index in [9.17, 15) is 9.59 Å². The molecule has 2 N–H and O–H groups in total. The van der Waals surface area contributed by atoms with E-state index in [0.29, 0.717) is 11.4 Å². The van der Waals surface area contributed by atoms with Crippen LogP contribution in [0.4, 0.5) is 0 Å². The molecule has 6 heteroatoms. The molecule has 0 radical (unpaired) electrons. The second kappa shape index (κ2) is 5.20. The molecular formula is C10H13N3O3. The van der Waals surface area contributed by atoms with Crippen molar-refractivity contribution in [3.63, 3.8) is 0 Å². The number of hydrogen-bond acceptors (Lipinski definition) is 4. The lowest BCUT2D eigenvalue weighted by atomic mass is 10.2. The van der Waals surface area contributed by atoms with Crippen LogP contribution in [0.1, 0.15) is 29.5 Å². The number of nitrogens with zero attached hydrogens (tertiary/aromatic N) is 2. The number of aliphatic carboxylic acids is 1. The lowest BCUT2D eigenvalue weighted by Gasteiger charge is -2.10. The molecule has 0 bridgehead atoms. The van der Waals surface area contributed by atoms with Gasteiger partial charge in [0.1, 0.15) is 5.82 Å². The minimum Gasteiger partial charge on any atom is -0.481 e. The van der Waals surface area contributed by atoms with E-state index >= 15 is 0 Å². The average Bonchev–Trinajstić information content (AvgIpc) is 2.16. The van der Waals surface area contributed by atoms with E-state index in [1.54, 1.807) is 13.8 Å². The summed E-state index contributed by atoms with van der Waals surface area (Å²) in [7, 11) is 0. The van der Waals surface area contributed by atoms with Crippen LogP contribution in [0.3, 0.4) is 0 Å². The molecule has 1 amide bonds. The fourth-order valence-electron chi connectivity index (χ4n) is 1.13. The van der Waals surface area contributed by atoms with E-state index in [-0.39, 0.29) is 12.3 Å². The minimum absolute atomic E-state index is 0.113. The Kier molecular flexibility index (Phi) is 3.93. The van der Waals surface area contributed by atoms with Crippen LogP contribution in [0, 0.1) is 6.92 Å². The maximum atomic E-state index is 11.6. The molecule has 0 saturated heterocycles. The van der Waals surface area contributed by atoms with Gasteiger partial charge in [0.2, 0.25) is 0 Å². The Morgan fingerprint density at radius 1 is 1.44 bits per heavy atom. The van der Waals surface area contributed by atoms with E-state index in [4.69, 9.17) is 5.11 Å². The summed E-state index contributed by atoms with van der Waals surface area (Å²) in [5.41, 5.74) is 0.322. The summed E-state index contributed by atoms with van der Waals surface area (Å²) in [4.78, 5) is 29.7. The van der Waals surface area contributed by atoms with Crippen molar-refractivity contribution in [3.8, 4) is 0 Å². The van der Waals surface area contributed by atoms with Gasteiger partial charge >= 0.3 is 5.97 Å². The van der Waals surface area contributed by atoms with Gasteiger partial charge in [-0.25, -0.2) is 9.97 Å². The van der Waals surface area contributed by atoms with Gasteiger partial charge in [-0.2, -0.15) is 0 Å². The third-order valence-corrected chi connectivity index (χ3v) is 1.90. The largest absolute Gasteiger partial charge is 0.481 e. The Labute approximate surface area is 92.7 Å². The first-order chi connectivity index (χ1) is 7.49. The van der Waals surface area contributed by atoms with Gasteiger partial charge in [-0.3, -0.25) is 9.59 Å². The number of rotatable bonds is 4. The van der Waals surface area contributed by atoms with Crippen LogP contribution >= 0.6 is 0 Å². The Bertz CT molecular complexity index is 389. The summed E-state index contributed by atoms with van der Waals surface area (Å²) < 4.78 is 0. The molecule has 0 aliphatic rings. The van der Waals surface area contributed by atoms with Crippen LogP contribution in [0.25, 0.3) is 0 Å². The van der Waals surface area contributed by atoms with E-state index in [0.717, 1.165) is 0 Å². The molecule has 1 atom stereocenters. The molecule has 1 rings (SSSR count). The first kappa shape index (κ1) is 12.1. The summed E-state index contributed by atoms with van der Waals surface area (Å²) in [5.74, 6) is -0.739. The Balaban J connectivity index is 2.58. The molecule has 1 aromatic rings. The lowest BCUT2D eigenvalue weighted by Crippen LogP contribution is -2.34. The number of amides is 1. The Hall–Kier alpha value is -1.98. The number of carbonyl (C=O) groups is 2. The maximum absolute atomic E-state index is 11.6. The van der Waals surface area contributed by atoms with E-state index in [2.05, 4.69) is 15.3 Å². The smallest absolute Gasteiger partial charge is 0.305 e. The number of hydrogen-bond donors (Lipinski definition) is 2. The number of carboxylic acid groups (broad SMARTS) is 1. The number of carbonyl (C=O) groups excluding carboxylic acids is 1. The highest BCUT2D eigenvalue weighted by Crippen LogP contribution is 1.98. The molecule has 0 aliphatic heterocycles. The van der Waals surface area contributed by atoms with Crippen molar-refractivity contribution < 1.29 is 14.7 Å². The zero-order valence-corrected chi connectivity index (χ0v) is 9.10. The molecule has 1 aromatic heterocycles. The fourth-order valence-corrected chi connectivity index (χ4v) is 1.13. The third kappa shape index (κ3) is 3.64. The molecule has 0 fully saturated rings. The molecule has 0 aliphatic carbocycles. The molecule has 16 heavy (non-hydrogen) atoms. The van der Waals surface area contributed by atoms with Gasteiger partial charge in [-0.1, -0.05) is 0 Å². The van der Waals surface area contributed by atoms with Crippen LogP contribution in [0.5, 0.6) is 0 Å². The summed E-state index contributed by atoms with van der Waals surface area (Å²) in [6.07, 6.45) is 2.70. The van der Waals surface area contributed by atoms with Crippen LogP contribution in [-0.4, -0.2) is 33.0 Å². The van der Waals surface area contributed by atoms with Gasteiger partial charge in [-0.05, 0) is 13.8 Å². The highest BCUT2D eigenvalue weighted by molar-refractivity contribution is 5.93. The maximum Gasteiger partial charge on any atom is 0.305 e. The Morgan fingerprint density at radius 3 is 2.50 bits per heavy atom. The fraction of sp³-hybridized carbons (Fsp3) is 0.400. The topological polar surface area (TPSA) is 92.2 Å². The van der Waals surface area contributed by atoms with E-state index < -0.39 is 12.0 Å². The molecular weight excluding hydrogens is 210 g/mol. The minimum atomic E-state index is -0.951. The van der Waals surface area contributed by atoms with Crippen LogP contribution < -0.4 is 5.32 Å². The highest BCUT2D eigenvalue weighted by atomic mass is 16.4. The predicted molar refractivity (Wildman–Crippen MR) is 56.0 cm³/mol. The van der Waals surface area contributed by atoms with Crippen molar-refractivity contribution >= 4 is 11.9 Å². The predicted octanol–water partition coefficient (Wildman–Crippen LogP) is 0.378. The number of aryl methyl sites for hydroxylation is 1. The number of nitrogens with one attached hydrogen (secondary N) is 1. The van der Waals surface area contributed by atoms with Gasteiger partial charge in [0.15, 0.2) is 0 Å². The van der Waals surface area contributed by atoms with Gasteiger partial charge in [-0.15, -0.1) is 0 Å². The summed E-state index contributed by atoms with van der Waals surface area (Å²) in [6.45, 7) is 3.34. The van der Waals surface area contributed by atoms with Crippen molar-refractivity contribution in [3.05, 3.63) is 23.8 Å². The van der Waals surface area contributed by atoms with Gasteiger partial charge < -0.3 is 10.4 Å². The quantitative estimate of drug-likeness (QED) is 0.769. The number of aromatic nitrogens is 2. The van der Waals surface area contributed by atoms with Crippen LogP contribution in [0.15, 0.2) is 12.4 Å². The highest BCUT2D eigenvalue weighted by Gasteiger charge is 2.12. The molecule has 0 saturated carbocycles. The second-order valence-electron chi connectivity index (χ2n) is 3.49.